The van der Waals surface area contributed by atoms with Crippen molar-refractivity contribution < 1.29 is 28.2 Å². The zero-order valence-corrected chi connectivity index (χ0v) is 30.0. The van der Waals surface area contributed by atoms with Gasteiger partial charge in [-0.05, 0) is 80.4 Å². The molecule has 4 aromatic rings. The molecule has 2 bridgehead atoms. The molecule has 10 rings (SSSR count). The van der Waals surface area contributed by atoms with E-state index in [1.807, 2.05) is 0 Å². The SMILES string of the molecule is C#Cc1c(F)ccc2cc(O)cc(-c3nc(OC)c4c(N5CC6CCC(C5)N6C(=O)C5(C)CC5)nc(OCC5(CN6CC7CC7C6)CC5)nc4c3F)c12. The molecular formula is C41H42F2N6O4. The number of hydrogen-bond donors (Lipinski definition) is 1. The van der Waals surface area contributed by atoms with Crippen molar-refractivity contribution in [2.24, 2.45) is 22.7 Å². The van der Waals surface area contributed by atoms with Crippen molar-refractivity contribution in [1.29, 1.82) is 0 Å². The van der Waals surface area contributed by atoms with Gasteiger partial charge in [-0.15, -0.1) is 6.42 Å². The number of carbonyl (C=O) groups is 1. The number of carbonyl (C=O) groups excluding carboxylic acids is 1. The number of piperazine rings is 1. The van der Waals surface area contributed by atoms with E-state index in [2.05, 4.69) is 32.5 Å². The molecule has 5 heterocycles. The number of hydrogen-bond acceptors (Lipinski definition) is 9. The van der Waals surface area contributed by atoms with Gasteiger partial charge in [-0.1, -0.05) is 18.9 Å². The quantitative estimate of drug-likeness (QED) is 0.212. The number of nitrogens with zero attached hydrogens (tertiary/aromatic N) is 6. The summed E-state index contributed by atoms with van der Waals surface area (Å²) >= 11 is 0. The summed E-state index contributed by atoms with van der Waals surface area (Å²) < 4.78 is 44.7. The Kier molecular flexibility index (Phi) is 7.20. The Bertz CT molecular complexity index is 2240. The van der Waals surface area contributed by atoms with Crippen LogP contribution in [0.25, 0.3) is 32.9 Å². The van der Waals surface area contributed by atoms with E-state index in [0.717, 1.165) is 70.0 Å². The molecular weight excluding hydrogens is 678 g/mol. The molecule has 12 heteroatoms. The molecule has 1 amide bonds. The van der Waals surface area contributed by atoms with E-state index in [9.17, 15) is 9.90 Å². The molecule has 6 aliphatic rings. The lowest BCUT2D eigenvalue weighted by atomic mass is 9.95. The molecule has 2 aromatic heterocycles. The standard InChI is InChI=1S/C41H42F2N6O4/c1-4-28-30(42)8-5-22-14-27(50)15-29(31(22)28)34-33(43)35-32(37(44-34)52-3)36(48-18-25-6-7-26(19-48)49(25)38(51)40(2)9-10-40)46-39(45-35)53-21-41(11-12-41)20-47-16-23-13-24(23)17-47/h1,5,8,14-15,23-26,50H,6-7,9-13,16-21H2,2-3H3. The van der Waals surface area contributed by atoms with Crippen LogP contribution in [-0.4, -0.2) is 94.3 Å². The number of piperidine rings is 1. The number of phenols is 1. The molecule has 0 radical (unpaired) electrons. The first kappa shape index (κ1) is 32.9. The molecule has 6 fully saturated rings. The van der Waals surface area contributed by atoms with Crippen molar-refractivity contribution in [2.45, 2.75) is 64.0 Å². The normalized spacial score (nSPS) is 26.1. The van der Waals surface area contributed by atoms with Crippen LogP contribution in [-0.2, 0) is 4.79 Å². The summed E-state index contributed by atoms with van der Waals surface area (Å²) in [5, 5.41) is 11.7. The number of phenolic OH excluding ortho intramolecular Hbond substituents is 1. The predicted octanol–water partition coefficient (Wildman–Crippen LogP) is 5.91. The first-order chi connectivity index (χ1) is 25.6. The summed E-state index contributed by atoms with van der Waals surface area (Å²) in [5.74, 6) is 3.19. The molecule has 3 saturated heterocycles. The number of likely N-dealkylation sites (tertiary alicyclic amines) is 1. The fourth-order valence-electron chi connectivity index (χ4n) is 9.44. The molecule has 53 heavy (non-hydrogen) atoms. The monoisotopic (exact) mass is 720 g/mol. The minimum atomic E-state index is -0.802. The smallest absolute Gasteiger partial charge is 0.319 e. The number of fused-ring (bicyclic) bond motifs is 5. The molecule has 2 aromatic carbocycles. The Labute approximate surface area is 306 Å². The molecule has 10 nitrogen and oxygen atoms in total. The average Bonchev–Trinajstić information content (AvgIpc) is 4.12. The lowest BCUT2D eigenvalue weighted by Crippen LogP contribution is -2.57. The van der Waals surface area contributed by atoms with Gasteiger partial charge < -0.3 is 29.3 Å². The Morgan fingerprint density at radius 3 is 2.42 bits per heavy atom. The number of rotatable bonds is 9. The number of terminal acetylenes is 1. The van der Waals surface area contributed by atoms with E-state index in [0.29, 0.717) is 30.9 Å². The number of aromatic nitrogens is 3. The number of anilines is 1. The highest BCUT2D eigenvalue weighted by Crippen LogP contribution is 2.52. The summed E-state index contributed by atoms with van der Waals surface area (Å²) in [4.78, 5) is 34.7. The van der Waals surface area contributed by atoms with Gasteiger partial charge in [0.25, 0.3) is 0 Å². The van der Waals surface area contributed by atoms with Gasteiger partial charge in [-0.3, -0.25) is 4.79 Å². The van der Waals surface area contributed by atoms with Crippen LogP contribution in [0.4, 0.5) is 14.6 Å². The zero-order chi connectivity index (χ0) is 36.4. The van der Waals surface area contributed by atoms with Crippen LogP contribution in [0.3, 0.4) is 0 Å². The number of aromatic hydroxyl groups is 1. The number of methoxy groups -OCH3 is 1. The van der Waals surface area contributed by atoms with Crippen molar-refractivity contribution in [3.63, 3.8) is 0 Å². The van der Waals surface area contributed by atoms with Crippen LogP contribution in [0.5, 0.6) is 17.6 Å². The van der Waals surface area contributed by atoms with E-state index >= 15 is 8.78 Å². The van der Waals surface area contributed by atoms with Crippen LogP contribution in [0.2, 0.25) is 0 Å². The van der Waals surface area contributed by atoms with Crippen LogP contribution in [0.1, 0.15) is 57.4 Å². The summed E-state index contributed by atoms with van der Waals surface area (Å²) in [6.07, 6.45) is 12.8. The summed E-state index contributed by atoms with van der Waals surface area (Å²) in [5.41, 5.74) is -0.500. The Balaban J connectivity index is 1.08. The summed E-state index contributed by atoms with van der Waals surface area (Å²) in [6.45, 7) is 6.75. The fraction of sp³-hybridized carbons (Fsp3) is 0.512. The molecule has 3 aliphatic carbocycles. The molecule has 0 spiro atoms. The molecule has 4 unspecified atom stereocenters. The van der Waals surface area contributed by atoms with Gasteiger partial charge in [-0.2, -0.15) is 9.97 Å². The van der Waals surface area contributed by atoms with Crippen LogP contribution in [0.15, 0.2) is 24.3 Å². The first-order valence-electron chi connectivity index (χ1n) is 18.9. The van der Waals surface area contributed by atoms with Gasteiger partial charge in [0.2, 0.25) is 11.8 Å². The first-order valence-corrected chi connectivity index (χ1v) is 18.9. The van der Waals surface area contributed by atoms with E-state index in [-0.39, 0.29) is 79.6 Å². The number of amides is 1. The third-order valence-electron chi connectivity index (χ3n) is 13.0. The third kappa shape index (κ3) is 5.37. The van der Waals surface area contributed by atoms with Crippen molar-refractivity contribution in [1.82, 2.24) is 24.8 Å². The van der Waals surface area contributed by atoms with Gasteiger partial charge >= 0.3 is 6.01 Å². The van der Waals surface area contributed by atoms with Gasteiger partial charge in [-0.25, -0.2) is 13.8 Å². The minimum Gasteiger partial charge on any atom is -0.508 e. The third-order valence-corrected chi connectivity index (χ3v) is 13.0. The van der Waals surface area contributed by atoms with E-state index in [4.69, 9.17) is 25.9 Å². The maximum absolute atomic E-state index is 17.3. The molecule has 1 N–H and O–H groups in total. The number of ether oxygens (including phenoxy) is 2. The second kappa shape index (κ2) is 11.6. The van der Waals surface area contributed by atoms with Crippen LogP contribution in [0, 0.1) is 46.6 Å². The molecule has 3 aliphatic heterocycles. The topological polar surface area (TPSA) is 104 Å². The maximum Gasteiger partial charge on any atom is 0.319 e. The van der Waals surface area contributed by atoms with Crippen molar-refractivity contribution in [3.05, 3.63) is 41.5 Å². The number of pyridine rings is 1. The van der Waals surface area contributed by atoms with E-state index in [1.54, 1.807) is 0 Å². The highest BCUT2D eigenvalue weighted by atomic mass is 19.1. The Morgan fingerprint density at radius 2 is 1.75 bits per heavy atom. The van der Waals surface area contributed by atoms with E-state index < -0.39 is 11.6 Å². The van der Waals surface area contributed by atoms with Crippen molar-refractivity contribution in [3.8, 4) is 41.2 Å². The number of benzene rings is 2. The lowest BCUT2D eigenvalue weighted by Gasteiger charge is -2.43. The summed E-state index contributed by atoms with van der Waals surface area (Å²) in [6, 6.07) is 5.52. The minimum absolute atomic E-state index is 0.00622. The molecule has 4 atom stereocenters. The maximum atomic E-state index is 17.3. The highest BCUT2D eigenvalue weighted by Gasteiger charge is 2.54. The predicted molar refractivity (Wildman–Crippen MR) is 195 cm³/mol. The Morgan fingerprint density at radius 1 is 1.02 bits per heavy atom. The fourth-order valence-corrected chi connectivity index (χ4v) is 9.44. The van der Waals surface area contributed by atoms with Crippen molar-refractivity contribution in [2.75, 3.05) is 51.3 Å². The molecule has 274 valence electrons. The second-order valence-corrected chi connectivity index (χ2v) is 16.8. The van der Waals surface area contributed by atoms with Crippen LogP contribution < -0.4 is 14.4 Å². The molecule has 3 saturated carbocycles. The average molecular weight is 721 g/mol. The van der Waals surface area contributed by atoms with Gasteiger partial charge in [0.05, 0.1) is 19.3 Å². The van der Waals surface area contributed by atoms with Gasteiger partial charge in [0.1, 0.15) is 34.0 Å². The second-order valence-electron chi connectivity index (χ2n) is 16.8. The number of halogens is 2. The highest BCUT2D eigenvalue weighted by molar-refractivity contribution is 6.04. The van der Waals surface area contributed by atoms with Gasteiger partial charge in [0, 0.05) is 66.6 Å². The van der Waals surface area contributed by atoms with Crippen LogP contribution >= 0.6 is 0 Å². The van der Waals surface area contributed by atoms with Crippen molar-refractivity contribution >= 4 is 33.4 Å². The van der Waals surface area contributed by atoms with E-state index in [1.165, 1.54) is 37.8 Å². The summed E-state index contributed by atoms with van der Waals surface area (Å²) in [7, 11) is 1.44. The lowest BCUT2D eigenvalue weighted by molar-refractivity contribution is -0.139. The largest absolute Gasteiger partial charge is 0.508 e. The Hall–Kier alpha value is -4.76. The van der Waals surface area contributed by atoms with Gasteiger partial charge in [0.15, 0.2) is 5.82 Å². The zero-order valence-electron chi connectivity index (χ0n) is 30.0.